The van der Waals surface area contributed by atoms with Crippen molar-refractivity contribution in [3.63, 3.8) is 0 Å². The molecule has 2 rings (SSSR count). The van der Waals surface area contributed by atoms with Crippen molar-refractivity contribution in [1.29, 1.82) is 0 Å². The van der Waals surface area contributed by atoms with Gasteiger partial charge in [0.15, 0.2) is 5.84 Å². The van der Waals surface area contributed by atoms with Crippen LogP contribution in [-0.2, 0) is 4.79 Å². The Labute approximate surface area is 116 Å². The maximum atomic E-state index is 13.3. The van der Waals surface area contributed by atoms with Crippen LogP contribution in [0.2, 0.25) is 0 Å². The molecule has 1 amide bonds. The van der Waals surface area contributed by atoms with Crippen LogP contribution in [0, 0.1) is 18.2 Å². The van der Waals surface area contributed by atoms with Crippen molar-refractivity contribution in [2.75, 3.05) is 5.32 Å². The molecule has 20 heavy (non-hydrogen) atoms. The number of amides is 1. The number of carbonyl (C=O) groups excluding carboxylic acids is 1. The van der Waals surface area contributed by atoms with Gasteiger partial charge in [-0.25, -0.2) is 4.39 Å². The fourth-order valence-electron chi connectivity index (χ4n) is 2.64. The van der Waals surface area contributed by atoms with E-state index in [-0.39, 0.29) is 11.7 Å². The van der Waals surface area contributed by atoms with Crippen molar-refractivity contribution in [1.82, 2.24) is 0 Å². The van der Waals surface area contributed by atoms with Gasteiger partial charge < -0.3 is 16.3 Å². The molecule has 108 valence electrons. The van der Waals surface area contributed by atoms with Crippen LogP contribution in [-0.4, -0.2) is 17.0 Å². The molecule has 1 aliphatic carbocycles. The lowest BCUT2D eigenvalue weighted by Gasteiger charge is -2.26. The highest BCUT2D eigenvalue weighted by Gasteiger charge is 2.45. The normalized spacial score (nSPS) is 18.0. The highest BCUT2D eigenvalue weighted by molar-refractivity contribution is 6.12. The molecule has 1 aromatic carbocycles. The quantitative estimate of drug-likeness (QED) is 0.343. The van der Waals surface area contributed by atoms with E-state index in [9.17, 15) is 9.18 Å². The van der Waals surface area contributed by atoms with Gasteiger partial charge in [-0.2, -0.15) is 0 Å². The van der Waals surface area contributed by atoms with Crippen LogP contribution in [0.5, 0.6) is 0 Å². The van der Waals surface area contributed by atoms with Gasteiger partial charge in [0, 0.05) is 5.69 Å². The standard InChI is InChI=1S/C14H18FN3O2/c1-9-4-5-10(15)8-11(9)17-13(19)14(12(16)18-20)6-2-3-7-14/h4-5,8,20H,2-3,6-7H2,1H3,(H2,16,18)(H,17,19). The lowest BCUT2D eigenvalue weighted by Crippen LogP contribution is -2.45. The molecule has 1 fully saturated rings. The number of hydrogen-bond donors (Lipinski definition) is 3. The Morgan fingerprint density at radius 2 is 2.10 bits per heavy atom. The van der Waals surface area contributed by atoms with Gasteiger partial charge in [-0.15, -0.1) is 0 Å². The predicted octanol–water partition coefficient (Wildman–Crippen LogP) is 2.38. The molecule has 1 aromatic rings. The van der Waals surface area contributed by atoms with E-state index in [4.69, 9.17) is 10.9 Å². The van der Waals surface area contributed by atoms with Crippen molar-refractivity contribution in [3.8, 4) is 0 Å². The average molecular weight is 279 g/mol. The van der Waals surface area contributed by atoms with Gasteiger partial charge >= 0.3 is 0 Å². The molecule has 1 saturated carbocycles. The molecule has 4 N–H and O–H groups in total. The second kappa shape index (κ2) is 5.48. The van der Waals surface area contributed by atoms with Gasteiger partial charge in [-0.1, -0.05) is 24.1 Å². The third kappa shape index (κ3) is 2.45. The predicted molar refractivity (Wildman–Crippen MR) is 74.1 cm³/mol. The summed E-state index contributed by atoms with van der Waals surface area (Å²) in [6, 6.07) is 4.19. The first-order valence-electron chi connectivity index (χ1n) is 6.55. The van der Waals surface area contributed by atoms with Crippen LogP contribution >= 0.6 is 0 Å². The Balaban J connectivity index is 2.28. The number of oxime groups is 1. The maximum absolute atomic E-state index is 13.3. The Morgan fingerprint density at radius 1 is 1.45 bits per heavy atom. The number of nitrogens with zero attached hydrogens (tertiary/aromatic N) is 1. The number of carbonyl (C=O) groups is 1. The first-order valence-corrected chi connectivity index (χ1v) is 6.55. The molecular weight excluding hydrogens is 261 g/mol. The van der Waals surface area contributed by atoms with E-state index in [2.05, 4.69) is 10.5 Å². The fraction of sp³-hybridized carbons (Fsp3) is 0.429. The topological polar surface area (TPSA) is 87.7 Å². The number of nitrogens with one attached hydrogen (secondary N) is 1. The second-order valence-corrected chi connectivity index (χ2v) is 5.19. The summed E-state index contributed by atoms with van der Waals surface area (Å²) in [5, 5.41) is 14.6. The Kier molecular flexibility index (Phi) is 3.92. The smallest absolute Gasteiger partial charge is 0.238 e. The molecule has 0 bridgehead atoms. The summed E-state index contributed by atoms with van der Waals surface area (Å²) < 4.78 is 13.3. The summed E-state index contributed by atoms with van der Waals surface area (Å²) in [5.74, 6) is -0.851. The summed E-state index contributed by atoms with van der Waals surface area (Å²) in [5.41, 5.74) is 5.87. The third-order valence-electron chi connectivity index (χ3n) is 3.94. The monoisotopic (exact) mass is 279 g/mol. The van der Waals surface area contributed by atoms with E-state index < -0.39 is 11.2 Å². The molecule has 0 unspecified atom stereocenters. The van der Waals surface area contributed by atoms with Crippen molar-refractivity contribution < 1.29 is 14.4 Å². The molecule has 6 heteroatoms. The van der Waals surface area contributed by atoms with Crippen LogP contribution < -0.4 is 11.1 Å². The molecular formula is C14H18FN3O2. The fourth-order valence-corrected chi connectivity index (χ4v) is 2.64. The van der Waals surface area contributed by atoms with E-state index in [1.54, 1.807) is 13.0 Å². The van der Waals surface area contributed by atoms with Gasteiger partial charge in [0.25, 0.3) is 0 Å². The number of rotatable bonds is 3. The molecule has 0 saturated heterocycles. The Morgan fingerprint density at radius 3 is 2.70 bits per heavy atom. The number of nitrogens with two attached hydrogens (primary N) is 1. The van der Waals surface area contributed by atoms with Crippen LogP contribution in [0.15, 0.2) is 23.4 Å². The molecule has 1 aliphatic rings. The van der Waals surface area contributed by atoms with Crippen molar-refractivity contribution in [3.05, 3.63) is 29.6 Å². The highest BCUT2D eigenvalue weighted by Crippen LogP contribution is 2.39. The van der Waals surface area contributed by atoms with Crippen LogP contribution in [0.3, 0.4) is 0 Å². The van der Waals surface area contributed by atoms with Crippen molar-refractivity contribution in [2.45, 2.75) is 32.6 Å². The first kappa shape index (κ1) is 14.3. The minimum absolute atomic E-state index is 0.0819. The van der Waals surface area contributed by atoms with Crippen LogP contribution in [0.25, 0.3) is 0 Å². The summed E-state index contributed by atoms with van der Waals surface area (Å²) >= 11 is 0. The number of hydrogen-bond acceptors (Lipinski definition) is 3. The third-order valence-corrected chi connectivity index (χ3v) is 3.94. The van der Waals surface area contributed by atoms with Gasteiger partial charge in [0.1, 0.15) is 11.2 Å². The lowest BCUT2D eigenvalue weighted by atomic mass is 9.83. The summed E-state index contributed by atoms with van der Waals surface area (Å²) in [6.07, 6.45) is 2.74. The number of halogens is 1. The van der Waals surface area contributed by atoms with E-state index >= 15 is 0 Å². The summed E-state index contributed by atoms with van der Waals surface area (Å²) in [6.45, 7) is 1.78. The average Bonchev–Trinajstić information content (AvgIpc) is 2.92. The molecule has 0 radical (unpaired) electrons. The number of benzene rings is 1. The molecule has 0 spiro atoms. The highest BCUT2D eigenvalue weighted by atomic mass is 19.1. The Hall–Kier alpha value is -2.11. The van der Waals surface area contributed by atoms with Gasteiger partial charge in [0.05, 0.1) is 0 Å². The largest absolute Gasteiger partial charge is 0.409 e. The molecule has 5 nitrogen and oxygen atoms in total. The van der Waals surface area contributed by atoms with Gasteiger partial charge in [-0.05, 0) is 37.5 Å². The van der Waals surface area contributed by atoms with Crippen molar-refractivity contribution >= 4 is 17.4 Å². The number of aryl methyl sites for hydroxylation is 1. The lowest BCUT2D eigenvalue weighted by molar-refractivity contribution is -0.122. The number of anilines is 1. The molecule has 0 atom stereocenters. The van der Waals surface area contributed by atoms with E-state index in [0.29, 0.717) is 18.5 Å². The minimum Gasteiger partial charge on any atom is -0.409 e. The van der Waals surface area contributed by atoms with Crippen LogP contribution in [0.4, 0.5) is 10.1 Å². The molecule has 0 aliphatic heterocycles. The SMILES string of the molecule is Cc1ccc(F)cc1NC(=O)C1(C(N)=NO)CCCC1. The second-order valence-electron chi connectivity index (χ2n) is 5.19. The van der Waals surface area contributed by atoms with Crippen molar-refractivity contribution in [2.24, 2.45) is 16.3 Å². The molecule has 0 aromatic heterocycles. The first-order chi connectivity index (χ1) is 9.49. The zero-order valence-electron chi connectivity index (χ0n) is 11.3. The van der Waals surface area contributed by atoms with E-state index in [0.717, 1.165) is 18.4 Å². The summed E-state index contributed by atoms with van der Waals surface area (Å²) in [7, 11) is 0. The van der Waals surface area contributed by atoms with E-state index in [1.807, 2.05) is 0 Å². The Bertz CT molecular complexity index is 551. The van der Waals surface area contributed by atoms with Gasteiger partial charge in [-0.3, -0.25) is 4.79 Å². The zero-order chi connectivity index (χ0) is 14.8. The zero-order valence-corrected chi connectivity index (χ0v) is 11.3. The molecule has 0 heterocycles. The maximum Gasteiger partial charge on any atom is 0.238 e. The van der Waals surface area contributed by atoms with E-state index in [1.165, 1.54) is 12.1 Å². The van der Waals surface area contributed by atoms with Crippen LogP contribution in [0.1, 0.15) is 31.2 Å². The number of amidine groups is 1. The minimum atomic E-state index is -0.993. The summed E-state index contributed by atoms with van der Waals surface area (Å²) in [4.78, 5) is 12.5. The van der Waals surface area contributed by atoms with Gasteiger partial charge in [0.2, 0.25) is 5.91 Å².